The van der Waals surface area contributed by atoms with Crippen molar-refractivity contribution in [2.45, 2.75) is 43.6 Å². The SMILES string of the molecule is NC1(COc2ccc3c(Oc4c(F)cc(NC(O)c5cnccc5OC5CC5)cc4F)ccnc3c2)CC1. The highest BCUT2D eigenvalue weighted by Gasteiger charge is 2.39. The molecule has 0 bridgehead atoms. The minimum absolute atomic E-state index is 0.0239. The molecule has 8 nitrogen and oxygen atoms in total. The number of fused-ring (bicyclic) bond motifs is 1. The quantitative estimate of drug-likeness (QED) is 0.244. The Bertz CT molecular complexity index is 1470. The van der Waals surface area contributed by atoms with Crippen molar-refractivity contribution < 1.29 is 28.1 Å². The van der Waals surface area contributed by atoms with E-state index < -0.39 is 23.6 Å². The summed E-state index contributed by atoms with van der Waals surface area (Å²) in [6.07, 6.45) is 7.06. The molecule has 4 N–H and O–H groups in total. The lowest BCUT2D eigenvalue weighted by Crippen LogP contribution is -2.29. The zero-order valence-electron chi connectivity index (χ0n) is 20.4. The number of aliphatic hydroxyl groups is 1. The van der Waals surface area contributed by atoms with Crippen LogP contribution in [0.15, 0.2) is 61.1 Å². The van der Waals surface area contributed by atoms with E-state index in [1.54, 1.807) is 30.5 Å². The molecule has 0 radical (unpaired) electrons. The first kappa shape index (κ1) is 24.3. The average Bonchev–Trinajstić information content (AvgIpc) is 3.84. The zero-order valence-corrected chi connectivity index (χ0v) is 20.4. The molecule has 0 spiro atoms. The summed E-state index contributed by atoms with van der Waals surface area (Å²) in [6.45, 7) is 0.413. The van der Waals surface area contributed by atoms with Crippen molar-refractivity contribution >= 4 is 16.6 Å². The predicted octanol–water partition coefficient (Wildman–Crippen LogP) is 5.21. The van der Waals surface area contributed by atoms with Gasteiger partial charge in [0.25, 0.3) is 0 Å². The van der Waals surface area contributed by atoms with E-state index in [-0.39, 0.29) is 23.1 Å². The van der Waals surface area contributed by atoms with E-state index in [4.69, 9.17) is 19.9 Å². The van der Waals surface area contributed by atoms with Gasteiger partial charge in [-0.05, 0) is 49.9 Å². The normalized spacial score (nSPS) is 16.6. The van der Waals surface area contributed by atoms with Gasteiger partial charge in [0.2, 0.25) is 0 Å². The van der Waals surface area contributed by atoms with Crippen LogP contribution in [0.5, 0.6) is 23.0 Å². The molecule has 0 amide bonds. The number of pyridine rings is 2. The summed E-state index contributed by atoms with van der Waals surface area (Å²) in [5.41, 5.74) is 6.76. The molecule has 2 aliphatic rings. The minimum atomic E-state index is -1.29. The van der Waals surface area contributed by atoms with Gasteiger partial charge >= 0.3 is 0 Å². The van der Waals surface area contributed by atoms with Gasteiger partial charge in [0.1, 0.15) is 23.9 Å². The highest BCUT2D eigenvalue weighted by atomic mass is 19.1. The van der Waals surface area contributed by atoms with Crippen LogP contribution in [0.2, 0.25) is 0 Å². The van der Waals surface area contributed by atoms with Crippen molar-refractivity contribution in [1.82, 2.24) is 9.97 Å². The Morgan fingerprint density at radius 3 is 2.55 bits per heavy atom. The third kappa shape index (κ3) is 5.32. The number of aromatic nitrogens is 2. The average molecular weight is 521 g/mol. The summed E-state index contributed by atoms with van der Waals surface area (Å²) in [5, 5.41) is 13.9. The lowest BCUT2D eigenvalue weighted by atomic mass is 10.2. The smallest absolute Gasteiger partial charge is 0.198 e. The van der Waals surface area contributed by atoms with E-state index in [1.165, 1.54) is 18.5 Å². The number of benzene rings is 2. The van der Waals surface area contributed by atoms with Gasteiger partial charge in [-0.25, -0.2) is 8.78 Å². The summed E-state index contributed by atoms with van der Waals surface area (Å²) >= 11 is 0. The minimum Gasteiger partial charge on any atom is -0.492 e. The molecule has 4 aromatic rings. The number of hydrogen-bond donors (Lipinski definition) is 3. The van der Waals surface area contributed by atoms with Crippen molar-refractivity contribution in [3.8, 4) is 23.0 Å². The number of ether oxygens (including phenoxy) is 3. The summed E-state index contributed by atoms with van der Waals surface area (Å²) in [7, 11) is 0. The number of halogens is 2. The van der Waals surface area contributed by atoms with Crippen molar-refractivity contribution in [1.29, 1.82) is 0 Å². The van der Waals surface area contributed by atoms with E-state index in [1.807, 2.05) is 0 Å². The fourth-order valence-corrected chi connectivity index (χ4v) is 3.97. The molecule has 1 unspecified atom stereocenters. The van der Waals surface area contributed by atoms with Crippen LogP contribution in [0.4, 0.5) is 14.5 Å². The molecule has 2 fully saturated rings. The largest absolute Gasteiger partial charge is 0.492 e. The monoisotopic (exact) mass is 520 g/mol. The summed E-state index contributed by atoms with van der Waals surface area (Å²) < 4.78 is 47.3. The molecule has 2 heterocycles. The van der Waals surface area contributed by atoms with Gasteiger partial charge in [0, 0.05) is 47.9 Å². The van der Waals surface area contributed by atoms with E-state index in [0.29, 0.717) is 34.6 Å². The van der Waals surface area contributed by atoms with Gasteiger partial charge in [0.05, 0.1) is 22.7 Å². The number of nitrogens with two attached hydrogens (primary N) is 1. The highest BCUT2D eigenvalue weighted by molar-refractivity contribution is 5.86. The Labute approximate surface area is 217 Å². The standard InChI is InChI=1S/C28H26F2N4O4/c29-21-11-16(34-27(35)20-14-32-9-5-25(20)37-17-1-2-17)12-22(30)26(21)38-24-6-10-33-23-13-18(3-4-19(23)24)36-15-28(31)7-8-28/h3-6,9-14,17,27,34-35H,1-2,7-8,15,31H2. The first-order valence-electron chi connectivity index (χ1n) is 12.4. The molecule has 2 saturated carbocycles. The maximum absolute atomic E-state index is 15.0. The second-order valence-electron chi connectivity index (χ2n) is 9.79. The van der Waals surface area contributed by atoms with E-state index in [0.717, 1.165) is 37.8 Å². The lowest BCUT2D eigenvalue weighted by molar-refractivity contribution is 0.197. The van der Waals surface area contributed by atoms with Gasteiger partial charge < -0.3 is 30.4 Å². The van der Waals surface area contributed by atoms with E-state index in [9.17, 15) is 5.11 Å². The summed E-state index contributed by atoms with van der Waals surface area (Å²) in [4.78, 5) is 8.34. The second-order valence-corrected chi connectivity index (χ2v) is 9.79. The Hall–Kier alpha value is -4.02. The van der Waals surface area contributed by atoms with Crippen molar-refractivity contribution in [2.24, 2.45) is 5.73 Å². The Balaban J connectivity index is 1.19. The fraction of sp³-hybridized carbons (Fsp3) is 0.286. The number of anilines is 1. The van der Waals surface area contributed by atoms with Crippen molar-refractivity contribution in [3.05, 3.63) is 78.3 Å². The Kier molecular flexibility index (Phi) is 6.21. The van der Waals surface area contributed by atoms with E-state index in [2.05, 4.69) is 15.3 Å². The highest BCUT2D eigenvalue weighted by Crippen LogP contribution is 2.37. The molecule has 2 aliphatic carbocycles. The number of rotatable bonds is 10. The van der Waals surface area contributed by atoms with Gasteiger partial charge in [-0.1, -0.05) is 0 Å². The number of nitrogens with zero attached hydrogens (tertiary/aromatic N) is 2. The van der Waals surface area contributed by atoms with Crippen LogP contribution in [0, 0.1) is 11.6 Å². The molecule has 0 aliphatic heterocycles. The Morgan fingerprint density at radius 2 is 1.82 bits per heavy atom. The van der Waals surface area contributed by atoms with Crippen molar-refractivity contribution in [2.75, 3.05) is 11.9 Å². The van der Waals surface area contributed by atoms with Crippen LogP contribution in [-0.2, 0) is 0 Å². The molecule has 196 valence electrons. The zero-order chi connectivity index (χ0) is 26.3. The lowest BCUT2D eigenvalue weighted by Gasteiger charge is -2.18. The molecular weight excluding hydrogens is 494 g/mol. The van der Waals surface area contributed by atoms with Gasteiger partial charge in [-0.15, -0.1) is 0 Å². The molecule has 10 heteroatoms. The van der Waals surface area contributed by atoms with Crippen molar-refractivity contribution in [3.63, 3.8) is 0 Å². The molecule has 6 rings (SSSR count). The number of hydrogen-bond acceptors (Lipinski definition) is 8. The maximum Gasteiger partial charge on any atom is 0.198 e. The molecule has 1 atom stereocenters. The summed E-state index contributed by atoms with van der Waals surface area (Å²) in [5.74, 6) is -1.15. The van der Waals surface area contributed by atoms with Crippen LogP contribution in [-0.4, -0.2) is 33.3 Å². The van der Waals surface area contributed by atoms with Gasteiger partial charge in [0.15, 0.2) is 23.6 Å². The van der Waals surface area contributed by atoms with Crippen LogP contribution in [0.1, 0.15) is 37.5 Å². The van der Waals surface area contributed by atoms with Crippen LogP contribution in [0.25, 0.3) is 10.9 Å². The topological polar surface area (TPSA) is 112 Å². The Morgan fingerprint density at radius 1 is 1.05 bits per heavy atom. The molecule has 2 aromatic heterocycles. The molecular formula is C28H26F2N4O4. The fourth-order valence-electron chi connectivity index (χ4n) is 3.97. The van der Waals surface area contributed by atoms with Crippen LogP contribution in [0.3, 0.4) is 0 Å². The van der Waals surface area contributed by atoms with E-state index >= 15 is 8.78 Å². The molecule has 38 heavy (non-hydrogen) atoms. The number of nitrogens with one attached hydrogen (secondary N) is 1. The van der Waals surface area contributed by atoms with Gasteiger partial charge in [-0.2, -0.15) is 0 Å². The molecule has 2 aromatic carbocycles. The first-order valence-corrected chi connectivity index (χ1v) is 12.4. The summed E-state index contributed by atoms with van der Waals surface area (Å²) in [6, 6.07) is 10.5. The van der Waals surface area contributed by atoms with Crippen LogP contribution >= 0.6 is 0 Å². The second kappa shape index (κ2) is 9.70. The molecule has 0 saturated heterocycles. The number of aliphatic hydroxyl groups excluding tert-OH is 1. The predicted molar refractivity (Wildman–Crippen MR) is 136 cm³/mol. The third-order valence-corrected chi connectivity index (χ3v) is 6.53. The van der Waals surface area contributed by atoms with Crippen LogP contribution < -0.4 is 25.3 Å². The third-order valence-electron chi connectivity index (χ3n) is 6.53. The first-order chi connectivity index (χ1) is 18.4. The maximum atomic E-state index is 15.0. The van der Waals surface area contributed by atoms with Gasteiger partial charge in [-0.3, -0.25) is 9.97 Å².